The van der Waals surface area contributed by atoms with Gasteiger partial charge in [0.15, 0.2) is 5.13 Å². The van der Waals surface area contributed by atoms with Crippen molar-refractivity contribution in [3.63, 3.8) is 0 Å². The van der Waals surface area contributed by atoms with Gasteiger partial charge in [-0.1, -0.05) is 29.5 Å². The zero-order valence-corrected chi connectivity index (χ0v) is 14.5. The molecule has 0 aliphatic rings. The van der Waals surface area contributed by atoms with E-state index in [2.05, 4.69) is 15.6 Å². The number of para-hydroxylation sites is 1. The molecule has 0 saturated carbocycles. The third kappa shape index (κ3) is 4.01. The van der Waals surface area contributed by atoms with E-state index in [-0.39, 0.29) is 23.9 Å². The number of carbonyl (C=O) groups is 2. The summed E-state index contributed by atoms with van der Waals surface area (Å²) >= 11 is 1.26. The third-order valence-corrected chi connectivity index (χ3v) is 4.43. The fourth-order valence-electron chi connectivity index (χ4n) is 2.43. The lowest BCUT2D eigenvalue weighted by molar-refractivity contribution is -0.385. The molecular formula is C17H14N4O4S. The van der Waals surface area contributed by atoms with E-state index in [0.717, 1.165) is 4.70 Å². The van der Waals surface area contributed by atoms with E-state index in [4.69, 9.17) is 0 Å². The van der Waals surface area contributed by atoms with Crippen LogP contribution in [0, 0.1) is 10.1 Å². The van der Waals surface area contributed by atoms with E-state index in [1.165, 1.54) is 24.3 Å². The van der Waals surface area contributed by atoms with Crippen LogP contribution >= 0.6 is 11.3 Å². The molecule has 2 amide bonds. The molecule has 26 heavy (non-hydrogen) atoms. The second kappa shape index (κ2) is 7.28. The zero-order chi connectivity index (χ0) is 18.7. The van der Waals surface area contributed by atoms with Gasteiger partial charge in [-0.25, -0.2) is 4.98 Å². The van der Waals surface area contributed by atoms with Gasteiger partial charge in [0.25, 0.3) is 5.69 Å². The van der Waals surface area contributed by atoms with E-state index in [1.807, 2.05) is 0 Å². The molecule has 0 bridgehead atoms. The van der Waals surface area contributed by atoms with Crippen molar-refractivity contribution in [2.75, 3.05) is 10.6 Å². The number of nitrogens with one attached hydrogen (secondary N) is 2. The quantitative estimate of drug-likeness (QED) is 0.528. The van der Waals surface area contributed by atoms with Gasteiger partial charge < -0.3 is 10.6 Å². The molecule has 0 radical (unpaired) electrons. The molecule has 0 spiro atoms. The highest BCUT2D eigenvalue weighted by atomic mass is 32.1. The largest absolute Gasteiger partial charge is 0.326 e. The predicted molar refractivity (Wildman–Crippen MR) is 99.4 cm³/mol. The lowest BCUT2D eigenvalue weighted by atomic mass is 10.1. The lowest BCUT2D eigenvalue weighted by Gasteiger charge is -2.02. The maximum Gasteiger partial charge on any atom is 0.273 e. The average molecular weight is 370 g/mol. The summed E-state index contributed by atoms with van der Waals surface area (Å²) in [7, 11) is 0. The first-order valence-electron chi connectivity index (χ1n) is 7.62. The molecule has 2 aromatic carbocycles. The fraction of sp³-hybridized carbons (Fsp3) is 0.118. The number of thiazole rings is 1. The Kier molecular flexibility index (Phi) is 4.90. The summed E-state index contributed by atoms with van der Waals surface area (Å²) in [6.45, 7) is 1.42. The molecule has 0 aliphatic carbocycles. The molecule has 3 rings (SSSR count). The number of fused-ring (bicyclic) bond motifs is 1. The number of benzene rings is 2. The van der Waals surface area contributed by atoms with Gasteiger partial charge in [-0.3, -0.25) is 19.7 Å². The molecule has 0 unspecified atom stereocenters. The molecule has 132 valence electrons. The van der Waals surface area contributed by atoms with Gasteiger partial charge in [0, 0.05) is 24.2 Å². The number of nitrogens with zero attached hydrogens (tertiary/aromatic N) is 2. The Morgan fingerprint density at radius 1 is 1.19 bits per heavy atom. The maximum absolute atomic E-state index is 12.2. The summed E-state index contributed by atoms with van der Waals surface area (Å²) in [5.74, 6) is -0.563. The maximum atomic E-state index is 12.2. The summed E-state index contributed by atoms with van der Waals surface area (Å²) in [6.07, 6.45) is -0.121. The molecule has 9 heteroatoms. The molecule has 0 aliphatic heterocycles. The van der Waals surface area contributed by atoms with E-state index in [9.17, 15) is 19.7 Å². The summed E-state index contributed by atoms with van der Waals surface area (Å²) in [5.41, 5.74) is 1.58. The predicted octanol–water partition coefficient (Wildman–Crippen LogP) is 3.34. The number of carbonyl (C=O) groups excluding carboxylic acids is 2. The molecule has 3 aromatic rings. The van der Waals surface area contributed by atoms with E-state index >= 15 is 0 Å². The summed E-state index contributed by atoms with van der Waals surface area (Å²) in [4.78, 5) is 38.2. The van der Waals surface area contributed by atoms with Crippen LogP contribution in [0.25, 0.3) is 10.2 Å². The van der Waals surface area contributed by atoms with Crippen LogP contribution in [0.5, 0.6) is 0 Å². The van der Waals surface area contributed by atoms with Crippen LogP contribution in [0.15, 0.2) is 42.5 Å². The van der Waals surface area contributed by atoms with Gasteiger partial charge in [-0.2, -0.15) is 0 Å². The van der Waals surface area contributed by atoms with Gasteiger partial charge in [-0.05, 0) is 18.2 Å². The highest BCUT2D eigenvalue weighted by Gasteiger charge is 2.16. The number of nitro benzene ring substituents is 1. The first-order valence-corrected chi connectivity index (χ1v) is 8.44. The summed E-state index contributed by atoms with van der Waals surface area (Å²) in [5, 5.41) is 16.8. The Bertz CT molecular complexity index is 1010. The van der Waals surface area contributed by atoms with Crippen molar-refractivity contribution in [1.82, 2.24) is 4.98 Å². The normalized spacial score (nSPS) is 10.5. The van der Waals surface area contributed by atoms with Gasteiger partial charge >= 0.3 is 0 Å². The summed E-state index contributed by atoms with van der Waals surface area (Å²) in [6, 6.07) is 11.4. The topological polar surface area (TPSA) is 114 Å². The number of amides is 2. The van der Waals surface area contributed by atoms with E-state index in [0.29, 0.717) is 21.9 Å². The monoisotopic (exact) mass is 370 g/mol. The molecule has 0 fully saturated rings. The first kappa shape index (κ1) is 17.5. The Hall–Kier alpha value is -3.33. The van der Waals surface area contributed by atoms with E-state index < -0.39 is 4.92 Å². The highest BCUT2D eigenvalue weighted by Crippen LogP contribution is 2.28. The second-order valence-electron chi connectivity index (χ2n) is 5.49. The van der Waals surface area contributed by atoms with Crippen LogP contribution in [-0.4, -0.2) is 21.7 Å². The van der Waals surface area contributed by atoms with Crippen molar-refractivity contribution in [3.05, 3.63) is 58.1 Å². The van der Waals surface area contributed by atoms with Crippen molar-refractivity contribution in [1.29, 1.82) is 0 Å². The van der Waals surface area contributed by atoms with Gasteiger partial charge in [-0.15, -0.1) is 0 Å². The minimum atomic E-state index is -0.510. The fourth-order valence-corrected chi connectivity index (χ4v) is 3.36. The zero-order valence-electron chi connectivity index (χ0n) is 13.7. The number of rotatable bonds is 5. The molecule has 2 N–H and O–H groups in total. The van der Waals surface area contributed by atoms with Gasteiger partial charge in [0.2, 0.25) is 11.8 Å². The number of aromatic nitrogens is 1. The second-order valence-corrected chi connectivity index (χ2v) is 6.52. The van der Waals surface area contributed by atoms with Gasteiger partial charge in [0.1, 0.15) is 0 Å². The molecule has 0 saturated heterocycles. The number of hydrogen-bond acceptors (Lipinski definition) is 6. The SMILES string of the molecule is CC(=O)Nc1ccc2nc(NC(=O)Cc3ccccc3[N+](=O)[O-])sc2c1. The van der Waals surface area contributed by atoms with Gasteiger partial charge in [0.05, 0.1) is 21.6 Å². The number of anilines is 2. The van der Waals surface area contributed by atoms with Crippen molar-refractivity contribution >= 4 is 49.9 Å². The van der Waals surface area contributed by atoms with Crippen LogP contribution in [0.4, 0.5) is 16.5 Å². The Balaban J connectivity index is 1.75. The first-order chi connectivity index (χ1) is 12.4. The van der Waals surface area contributed by atoms with Crippen LogP contribution < -0.4 is 10.6 Å². The van der Waals surface area contributed by atoms with Crippen LogP contribution in [0.2, 0.25) is 0 Å². The molecule has 1 heterocycles. The lowest BCUT2D eigenvalue weighted by Crippen LogP contribution is -2.15. The van der Waals surface area contributed by atoms with Crippen LogP contribution in [-0.2, 0) is 16.0 Å². The molecule has 0 atom stereocenters. The molecule has 8 nitrogen and oxygen atoms in total. The van der Waals surface area contributed by atoms with E-state index in [1.54, 1.807) is 36.4 Å². The Morgan fingerprint density at radius 3 is 2.69 bits per heavy atom. The standard InChI is InChI=1S/C17H14N4O4S/c1-10(22)18-12-6-7-13-15(9-12)26-17(19-13)20-16(23)8-11-4-2-3-5-14(11)21(24)25/h2-7,9H,8H2,1H3,(H,18,22)(H,19,20,23). The Labute approximate surface area is 152 Å². The van der Waals surface area contributed by atoms with Crippen molar-refractivity contribution < 1.29 is 14.5 Å². The number of nitro groups is 1. The number of hydrogen-bond donors (Lipinski definition) is 2. The summed E-state index contributed by atoms with van der Waals surface area (Å²) < 4.78 is 0.803. The van der Waals surface area contributed by atoms with Crippen LogP contribution in [0.3, 0.4) is 0 Å². The minimum Gasteiger partial charge on any atom is -0.326 e. The third-order valence-electron chi connectivity index (χ3n) is 3.49. The molecular weight excluding hydrogens is 356 g/mol. The average Bonchev–Trinajstić information content (AvgIpc) is 2.95. The minimum absolute atomic E-state index is 0.0908. The Morgan fingerprint density at radius 2 is 1.96 bits per heavy atom. The highest BCUT2D eigenvalue weighted by molar-refractivity contribution is 7.22. The van der Waals surface area contributed by atoms with Crippen LogP contribution in [0.1, 0.15) is 12.5 Å². The van der Waals surface area contributed by atoms with Crippen molar-refractivity contribution in [2.24, 2.45) is 0 Å². The molecule has 1 aromatic heterocycles. The van der Waals surface area contributed by atoms with Crippen molar-refractivity contribution in [3.8, 4) is 0 Å². The smallest absolute Gasteiger partial charge is 0.273 e. The van der Waals surface area contributed by atoms with Crippen molar-refractivity contribution in [2.45, 2.75) is 13.3 Å².